The number of halogens is 1. The molecule has 0 fully saturated rings. The topological polar surface area (TPSA) is 31.2 Å². The van der Waals surface area contributed by atoms with Crippen molar-refractivity contribution in [2.45, 2.75) is 57.2 Å². The highest BCUT2D eigenvalue weighted by Crippen LogP contribution is 2.43. The SMILES string of the molecule is COc1ccc2c(c1)c(SC(C)(C)C)c(CC(C)(C)C=O)n2Cc1ccc(Cl)cc1. The molecule has 0 aliphatic carbocycles. The van der Waals surface area contributed by atoms with Crippen LogP contribution in [0.4, 0.5) is 0 Å². The third kappa shape index (κ3) is 5.22. The Bertz CT molecular complexity index is 1050. The maximum absolute atomic E-state index is 11.8. The number of aldehydes is 1. The molecule has 30 heavy (non-hydrogen) atoms. The Hall–Kier alpha value is -1.91. The fourth-order valence-corrected chi connectivity index (χ4v) is 4.82. The first-order valence-corrected chi connectivity index (χ1v) is 11.3. The fourth-order valence-electron chi connectivity index (χ4n) is 3.50. The highest BCUT2D eigenvalue weighted by molar-refractivity contribution is 8.00. The zero-order valence-electron chi connectivity index (χ0n) is 18.6. The summed E-state index contributed by atoms with van der Waals surface area (Å²) >= 11 is 7.94. The van der Waals surface area contributed by atoms with E-state index in [1.807, 2.05) is 43.8 Å². The molecule has 2 aromatic carbocycles. The third-order valence-corrected chi connectivity index (χ3v) is 6.46. The number of fused-ring (bicyclic) bond motifs is 1. The summed E-state index contributed by atoms with van der Waals surface area (Å²) < 4.78 is 7.90. The summed E-state index contributed by atoms with van der Waals surface area (Å²) in [6, 6.07) is 14.2. The van der Waals surface area contributed by atoms with Crippen LogP contribution in [-0.4, -0.2) is 22.7 Å². The predicted octanol–water partition coefficient (Wildman–Crippen LogP) is 7.01. The number of hydrogen-bond acceptors (Lipinski definition) is 3. The highest BCUT2D eigenvalue weighted by atomic mass is 35.5. The Morgan fingerprint density at radius 2 is 1.73 bits per heavy atom. The lowest BCUT2D eigenvalue weighted by Crippen LogP contribution is -2.20. The van der Waals surface area contributed by atoms with E-state index in [0.29, 0.717) is 6.42 Å². The molecule has 0 spiro atoms. The minimum absolute atomic E-state index is 0.0303. The van der Waals surface area contributed by atoms with Crippen molar-refractivity contribution in [3.05, 3.63) is 58.7 Å². The number of ether oxygens (including phenoxy) is 1. The first-order chi connectivity index (χ1) is 14.0. The average molecular weight is 444 g/mol. The van der Waals surface area contributed by atoms with Crippen LogP contribution in [-0.2, 0) is 17.8 Å². The Morgan fingerprint density at radius 3 is 2.30 bits per heavy atom. The highest BCUT2D eigenvalue weighted by Gasteiger charge is 2.28. The zero-order chi connectivity index (χ0) is 22.1. The molecule has 0 saturated heterocycles. The summed E-state index contributed by atoms with van der Waals surface area (Å²) in [6.07, 6.45) is 1.73. The lowest BCUT2D eigenvalue weighted by Gasteiger charge is -2.23. The molecule has 0 saturated carbocycles. The second-order valence-electron chi connectivity index (χ2n) is 9.37. The molecule has 0 amide bonds. The van der Waals surface area contributed by atoms with Gasteiger partial charge in [-0.2, -0.15) is 0 Å². The van der Waals surface area contributed by atoms with Crippen molar-refractivity contribution >= 4 is 40.6 Å². The second-order valence-corrected chi connectivity index (χ2v) is 11.6. The summed E-state index contributed by atoms with van der Waals surface area (Å²) in [7, 11) is 1.69. The van der Waals surface area contributed by atoms with Crippen LogP contribution < -0.4 is 4.74 Å². The Balaban J connectivity index is 2.26. The molecule has 160 valence electrons. The van der Waals surface area contributed by atoms with E-state index < -0.39 is 5.41 Å². The van der Waals surface area contributed by atoms with Crippen LogP contribution in [0, 0.1) is 5.41 Å². The van der Waals surface area contributed by atoms with E-state index in [9.17, 15) is 4.79 Å². The number of carbonyl (C=O) groups is 1. The number of benzene rings is 2. The van der Waals surface area contributed by atoms with Gasteiger partial charge in [-0.15, -0.1) is 11.8 Å². The van der Waals surface area contributed by atoms with Gasteiger partial charge in [-0.25, -0.2) is 0 Å². The van der Waals surface area contributed by atoms with Gasteiger partial charge in [-0.3, -0.25) is 0 Å². The van der Waals surface area contributed by atoms with E-state index in [1.54, 1.807) is 7.11 Å². The fraction of sp³-hybridized carbons (Fsp3) is 0.400. The van der Waals surface area contributed by atoms with Crippen LogP contribution in [0.3, 0.4) is 0 Å². The van der Waals surface area contributed by atoms with E-state index in [0.717, 1.165) is 29.1 Å². The quantitative estimate of drug-likeness (QED) is 0.290. The van der Waals surface area contributed by atoms with Gasteiger partial charge in [0.05, 0.1) is 7.11 Å². The largest absolute Gasteiger partial charge is 0.497 e. The average Bonchev–Trinajstić information content (AvgIpc) is 2.94. The zero-order valence-corrected chi connectivity index (χ0v) is 20.2. The molecule has 5 heteroatoms. The Morgan fingerprint density at radius 1 is 1.07 bits per heavy atom. The molecule has 0 N–H and O–H groups in total. The summed E-state index contributed by atoms with van der Waals surface area (Å²) in [5.74, 6) is 0.836. The first kappa shape index (κ1) is 22.8. The van der Waals surface area contributed by atoms with Crippen molar-refractivity contribution in [1.29, 1.82) is 0 Å². The Kier molecular flexibility index (Phi) is 6.59. The van der Waals surface area contributed by atoms with Gasteiger partial charge in [0.25, 0.3) is 0 Å². The van der Waals surface area contributed by atoms with Gasteiger partial charge in [0, 0.05) is 49.6 Å². The number of thioether (sulfide) groups is 1. The summed E-state index contributed by atoms with van der Waals surface area (Å²) in [5, 5.41) is 1.90. The standard InChI is InChI=1S/C25H30ClNO2S/c1-24(2,3)30-23-20-13-19(29-6)11-12-21(20)27(22(23)14-25(4,5)16-28)15-17-7-9-18(26)10-8-17/h7-13,16H,14-15H2,1-6H3. The molecule has 3 aromatic rings. The molecule has 1 aromatic heterocycles. The summed E-state index contributed by atoms with van der Waals surface area (Å²) in [5.41, 5.74) is 3.05. The minimum Gasteiger partial charge on any atom is -0.497 e. The molecule has 3 rings (SSSR count). The van der Waals surface area contributed by atoms with Gasteiger partial charge in [0.2, 0.25) is 0 Å². The number of carbonyl (C=O) groups excluding carboxylic acids is 1. The van der Waals surface area contributed by atoms with E-state index in [-0.39, 0.29) is 4.75 Å². The lowest BCUT2D eigenvalue weighted by molar-refractivity contribution is -0.114. The van der Waals surface area contributed by atoms with E-state index in [1.165, 1.54) is 21.5 Å². The van der Waals surface area contributed by atoms with E-state index in [4.69, 9.17) is 16.3 Å². The molecular weight excluding hydrogens is 414 g/mol. The van der Waals surface area contributed by atoms with Gasteiger partial charge in [-0.1, -0.05) is 58.4 Å². The van der Waals surface area contributed by atoms with Crippen LogP contribution in [0.1, 0.15) is 45.9 Å². The molecular formula is C25H30ClNO2S. The van der Waals surface area contributed by atoms with E-state index in [2.05, 4.69) is 49.6 Å². The monoisotopic (exact) mass is 443 g/mol. The van der Waals surface area contributed by atoms with Crippen LogP contribution in [0.5, 0.6) is 5.75 Å². The predicted molar refractivity (Wildman–Crippen MR) is 128 cm³/mol. The van der Waals surface area contributed by atoms with Gasteiger partial charge < -0.3 is 14.1 Å². The second kappa shape index (κ2) is 8.68. The van der Waals surface area contributed by atoms with Crippen molar-refractivity contribution in [1.82, 2.24) is 4.57 Å². The smallest absolute Gasteiger partial charge is 0.125 e. The van der Waals surface area contributed by atoms with E-state index >= 15 is 0 Å². The minimum atomic E-state index is -0.455. The van der Waals surface area contributed by atoms with Gasteiger partial charge in [0.1, 0.15) is 12.0 Å². The number of rotatable bonds is 7. The van der Waals surface area contributed by atoms with Gasteiger partial charge in [0.15, 0.2) is 0 Å². The van der Waals surface area contributed by atoms with Crippen molar-refractivity contribution < 1.29 is 9.53 Å². The number of methoxy groups -OCH3 is 1. The molecule has 3 nitrogen and oxygen atoms in total. The summed E-state index contributed by atoms with van der Waals surface area (Å²) in [4.78, 5) is 13.0. The maximum Gasteiger partial charge on any atom is 0.125 e. The van der Waals surface area contributed by atoms with Gasteiger partial charge in [-0.05, 0) is 35.9 Å². The maximum atomic E-state index is 11.8. The number of hydrogen-bond donors (Lipinski definition) is 0. The lowest BCUT2D eigenvalue weighted by atomic mass is 9.89. The van der Waals surface area contributed by atoms with Crippen molar-refractivity contribution in [2.24, 2.45) is 5.41 Å². The van der Waals surface area contributed by atoms with Crippen molar-refractivity contribution in [3.8, 4) is 5.75 Å². The number of aromatic nitrogens is 1. The molecule has 0 unspecified atom stereocenters. The molecule has 1 heterocycles. The molecule has 0 bridgehead atoms. The normalized spacial score (nSPS) is 12.4. The first-order valence-electron chi connectivity index (χ1n) is 10.1. The van der Waals surface area contributed by atoms with Crippen LogP contribution in [0.2, 0.25) is 5.02 Å². The van der Waals surface area contributed by atoms with Crippen LogP contribution in [0.15, 0.2) is 47.4 Å². The molecule has 0 radical (unpaired) electrons. The van der Waals surface area contributed by atoms with Crippen molar-refractivity contribution in [2.75, 3.05) is 7.11 Å². The van der Waals surface area contributed by atoms with Crippen LogP contribution >= 0.6 is 23.4 Å². The molecule has 0 atom stereocenters. The number of nitrogens with zero attached hydrogens (tertiary/aromatic N) is 1. The molecule has 0 aliphatic rings. The Labute approximate surface area is 188 Å². The summed E-state index contributed by atoms with van der Waals surface area (Å²) in [6.45, 7) is 11.4. The third-order valence-electron chi connectivity index (χ3n) is 4.93. The van der Waals surface area contributed by atoms with Gasteiger partial charge >= 0.3 is 0 Å². The van der Waals surface area contributed by atoms with Crippen LogP contribution in [0.25, 0.3) is 10.9 Å². The molecule has 0 aliphatic heterocycles. The van der Waals surface area contributed by atoms with Crippen molar-refractivity contribution in [3.63, 3.8) is 0 Å².